The average Bonchev–Trinajstić information content (AvgIpc) is 2.29. The van der Waals surface area contributed by atoms with Gasteiger partial charge in [-0.05, 0) is 18.2 Å². The van der Waals surface area contributed by atoms with Gasteiger partial charge in [0.1, 0.15) is 17.4 Å². The summed E-state index contributed by atoms with van der Waals surface area (Å²) >= 11 is 0. The van der Waals surface area contributed by atoms with Gasteiger partial charge in [0.05, 0.1) is 5.56 Å². The molecule has 0 amide bonds. The van der Waals surface area contributed by atoms with Crippen LogP contribution in [0.3, 0.4) is 0 Å². The third-order valence-corrected chi connectivity index (χ3v) is 2.21. The Hall–Kier alpha value is -2.58. The van der Waals surface area contributed by atoms with Crippen LogP contribution in [0.25, 0.3) is 0 Å². The van der Waals surface area contributed by atoms with Crippen molar-refractivity contribution in [1.82, 2.24) is 9.97 Å². The number of ether oxygens (including phenoxy) is 1. The van der Waals surface area contributed by atoms with Crippen LogP contribution in [-0.2, 0) is 6.18 Å². The highest BCUT2D eigenvalue weighted by molar-refractivity contribution is 5.41. The normalized spacial score (nSPS) is 11.4. The standard InChI is InChI=1S/C11H8F4N4O/c12-7-2-1-5(3-6(7)11(13,14)15)20-9-4-8(16)18-10(17)19-9/h1-4H,(H4,16,17,18,19). The topological polar surface area (TPSA) is 87.0 Å². The Labute approximate surface area is 110 Å². The lowest BCUT2D eigenvalue weighted by Gasteiger charge is -2.11. The van der Waals surface area contributed by atoms with Crippen molar-refractivity contribution < 1.29 is 22.3 Å². The number of rotatable bonds is 2. The van der Waals surface area contributed by atoms with Crippen molar-refractivity contribution in [2.75, 3.05) is 11.5 Å². The predicted octanol–water partition coefficient (Wildman–Crippen LogP) is 2.59. The number of benzene rings is 1. The zero-order valence-corrected chi connectivity index (χ0v) is 9.78. The second-order valence-corrected chi connectivity index (χ2v) is 3.73. The van der Waals surface area contributed by atoms with E-state index in [0.717, 1.165) is 6.07 Å². The summed E-state index contributed by atoms with van der Waals surface area (Å²) in [6, 6.07) is 3.36. The third kappa shape index (κ3) is 3.05. The smallest absolute Gasteiger partial charge is 0.419 e. The summed E-state index contributed by atoms with van der Waals surface area (Å²) in [6.07, 6.45) is -4.83. The summed E-state index contributed by atoms with van der Waals surface area (Å²) in [4.78, 5) is 7.20. The first-order valence-corrected chi connectivity index (χ1v) is 5.20. The Morgan fingerprint density at radius 3 is 2.35 bits per heavy atom. The fraction of sp³-hybridized carbons (Fsp3) is 0.0909. The minimum absolute atomic E-state index is 0.00865. The first kappa shape index (κ1) is 13.8. The molecule has 2 aromatic rings. The van der Waals surface area contributed by atoms with Crippen LogP contribution < -0.4 is 16.2 Å². The highest BCUT2D eigenvalue weighted by Crippen LogP contribution is 2.34. The first-order chi connectivity index (χ1) is 9.25. The maximum Gasteiger partial charge on any atom is 0.419 e. The molecule has 4 N–H and O–H groups in total. The molecule has 0 aliphatic heterocycles. The summed E-state index contributed by atoms with van der Waals surface area (Å²) in [6.45, 7) is 0. The van der Waals surface area contributed by atoms with Gasteiger partial charge in [0.25, 0.3) is 0 Å². The molecule has 0 atom stereocenters. The van der Waals surface area contributed by atoms with Gasteiger partial charge in [-0.3, -0.25) is 0 Å². The number of hydrogen-bond donors (Lipinski definition) is 2. The predicted molar refractivity (Wildman–Crippen MR) is 62.3 cm³/mol. The van der Waals surface area contributed by atoms with E-state index in [9.17, 15) is 17.6 Å². The molecular formula is C11H8F4N4O. The fourth-order valence-electron chi connectivity index (χ4n) is 1.42. The second kappa shape index (κ2) is 4.83. The lowest BCUT2D eigenvalue weighted by molar-refractivity contribution is -0.140. The Balaban J connectivity index is 2.35. The lowest BCUT2D eigenvalue weighted by atomic mass is 10.2. The molecule has 0 saturated heterocycles. The number of halogens is 4. The van der Waals surface area contributed by atoms with E-state index in [1.165, 1.54) is 6.07 Å². The second-order valence-electron chi connectivity index (χ2n) is 3.73. The quantitative estimate of drug-likeness (QED) is 0.829. The number of nitrogens with zero attached hydrogens (tertiary/aromatic N) is 2. The lowest BCUT2D eigenvalue weighted by Crippen LogP contribution is -2.08. The van der Waals surface area contributed by atoms with E-state index in [4.69, 9.17) is 16.2 Å². The molecule has 20 heavy (non-hydrogen) atoms. The van der Waals surface area contributed by atoms with Crippen molar-refractivity contribution in [3.63, 3.8) is 0 Å². The van der Waals surface area contributed by atoms with Crippen LogP contribution in [0.2, 0.25) is 0 Å². The average molecular weight is 288 g/mol. The van der Waals surface area contributed by atoms with E-state index in [2.05, 4.69) is 9.97 Å². The number of hydrogen-bond acceptors (Lipinski definition) is 5. The highest BCUT2D eigenvalue weighted by Gasteiger charge is 2.34. The van der Waals surface area contributed by atoms with Gasteiger partial charge in [-0.15, -0.1) is 0 Å². The minimum Gasteiger partial charge on any atom is -0.439 e. The molecule has 5 nitrogen and oxygen atoms in total. The zero-order valence-electron chi connectivity index (χ0n) is 9.78. The number of aromatic nitrogens is 2. The van der Waals surface area contributed by atoms with E-state index < -0.39 is 17.6 Å². The molecule has 0 aliphatic carbocycles. The molecule has 0 aliphatic rings. The van der Waals surface area contributed by atoms with Crippen LogP contribution in [0.5, 0.6) is 11.6 Å². The van der Waals surface area contributed by atoms with Crippen LogP contribution in [-0.4, -0.2) is 9.97 Å². The van der Waals surface area contributed by atoms with E-state index in [1.807, 2.05) is 0 Å². The van der Waals surface area contributed by atoms with Gasteiger partial charge in [0.15, 0.2) is 0 Å². The van der Waals surface area contributed by atoms with E-state index in [-0.39, 0.29) is 23.4 Å². The minimum atomic E-state index is -4.83. The van der Waals surface area contributed by atoms with Crippen molar-refractivity contribution in [3.8, 4) is 11.6 Å². The number of nitrogens with two attached hydrogens (primary N) is 2. The molecule has 1 aromatic carbocycles. The van der Waals surface area contributed by atoms with Gasteiger partial charge in [-0.2, -0.15) is 23.1 Å². The molecule has 0 spiro atoms. The van der Waals surface area contributed by atoms with Gasteiger partial charge >= 0.3 is 6.18 Å². The summed E-state index contributed by atoms with van der Waals surface area (Å²) in [5, 5.41) is 0. The van der Waals surface area contributed by atoms with Crippen LogP contribution in [0.15, 0.2) is 24.3 Å². The van der Waals surface area contributed by atoms with E-state index in [0.29, 0.717) is 12.1 Å². The monoisotopic (exact) mass is 288 g/mol. The molecular weight excluding hydrogens is 280 g/mol. The van der Waals surface area contributed by atoms with Crippen molar-refractivity contribution in [3.05, 3.63) is 35.6 Å². The van der Waals surface area contributed by atoms with Crippen molar-refractivity contribution in [2.24, 2.45) is 0 Å². The summed E-state index contributed by atoms with van der Waals surface area (Å²) in [5.41, 5.74) is 9.26. The summed E-state index contributed by atoms with van der Waals surface area (Å²) in [7, 11) is 0. The molecule has 106 valence electrons. The van der Waals surface area contributed by atoms with Gasteiger partial charge in [0.2, 0.25) is 11.8 Å². The van der Waals surface area contributed by atoms with Gasteiger partial charge in [-0.1, -0.05) is 0 Å². The van der Waals surface area contributed by atoms with E-state index >= 15 is 0 Å². The SMILES string of the molecule is Nc1cc(Oc2ccc(F)c(C(F)(F)F)c2)nc(N)n1. The molecule has 9 heteroatoms. The molecule has 1 aromatic heterocycles. The molecule has 0 bridgehead atoms. The number of nitrogen functional groups attached to an aromatic ring is 2. The summed E-state index contributed by atoms with van der Waals surface area (Å²) < 4.78 is 55.7. The molecule has 0 fully saturated rings. The van der Waals surface area contributed by atoms with Crippen molar-refractivity contribution in [2.45, 2.75) is 6.18 Å². The summed E-state index contributed by atoms with van der Waals surface area (Å²) in [5.74, 6) is -2.00. The number of alkyl halides is 3. The van der Waals surface area contributed by atoms with Crippen LogP contribution >= 0.6 is 0 Å². The van der Waals surface area contributed by atoms with Gasteiger partial charge in [-0.25, -0.2) is 4.39 Å². The highest BCUT2D eigenvalue weighted by atomic mass is 19.4. The number of anilines is 2. The molecule has 0 unspecified atom stereocenters. The largest absolute Gasteiger partial charge is 0.439 e. The van der Waals surface area contributed by atoms with Gasteiger partial charge in [0, 0.05) is 6.07 Å². The molecule has 0 saturated carbocycles. The third-order valence-electron chi connectivity index (χ3n) is 2.21. The maximum atomic E-state index is 13.1. The molecule has 2 rings (SSSR count). The molecule has 0 radical (unpaired) electrons. The van der Waals surface area contributed by atoms with Crippen molar-refractivity contribution >= 4 is 11.8 Å². The maximum absolute atomic E-state index is 13.1. The van der Waals surface area contributed by atoms with Crippen molar-refractivity contribution in [1.29, 1.82) is 0 Å². The first-order valence-electron chi connectivity index (χ1n) is 5.20. The van der Waals surface area contributed by atoms with Crippen LogP contribution in [0.1, 0.15) is 5.56 Å². The Morgan fingerprint density at radius 1 is 1.05 bits per heavy atom. The van der Waals surface area contributed by atoms with Crippen LogP contribution in [0.4, 0.5) is 29.3 Å². The van der Waals surface area contributed by atoms with Crippen LogP contribution in [0, 0.1) is 5.82 Å². The Kier molecular flexibility index (Phi) is 3.35. The van der Waals surface area contributed by atoms with E-state index in [1.54, 1.807) is 0 Å². The zero-order chi connectivity index (χ0) is 14.9. The Bertz CT molecular complexity index is 625. The van der Waals surface area contributed by atoms with Gasteiger partial charge < -0.3 is 16.2 Å². The fourth-order valence-corrected chi connectivity index (χ4v) is 1.42. The Morgan fingerprint density at radius 2 is 1.75 bits per heavy atom. The molecule has 1 heterocycles.